The van der Waals surface area contributed by atoms with E-state index in [1.54, 1.807) is 7.11 Å². The van der Waals surface area contributed by atoms with E-state index in [0.717, 1.165) is 23.2 Å². The lowest BCUT2D eigenvalue weighted by Crippen LogP contribution is -2.33. The minimum atomic E-state index is 0.0546. The summed E-state index contributed by atoms with van der Waals surface area (Å²) in [6, 6.07) is 4.34. The number of hydrogen-bond donors (Lipinski definition) is 1. The molecule has 17 heavy (non-hydrogen) atoms. The zero-order chi connectivity index (χ0) is 12.5. The molecule has 1 saturated heterocycles. The molecule has 1 aromatic rings. The van der Waals surface area contributed by atoms with Gasteiger partial charge in [0.05, 0.1) is 7.11 Å². The first-order chi connectivity index (χ1) is 8.10. The molecule has 2 rings (SSSR count). The second-order valence-electron chi connectivity index (χ2n) is 4.86. The van der Waals surface area contributed by atoms with Gasteiger partial charge in [-0.2, -0.15) is 0 Å². The number of ether oxygens (including phenoxy) is 1. The van der Waals surface area contributed by atoms with Gasteiger partial charge < -0.3 is 10.1 Å². The minimum absolute atomic E-state index is 0.0546. The molecule has 1 aromatic carbocycles. The van der Waals surface area contributed by atoms with Crippen molar-refractivity contribution >= 4 is 15.9 Å². The molecule has 0 spiro atoms. The fourth-order valence-electron chi connectivity index (χ4n) is 2.69. The third kappa shape index (κ3) is 2.36. The molecule has 0 bridgehead atoms. The van der Waals surface area contributed by atoms with E-state index in [1.165, 1.54) is 24.0 Å². The molecule has 1 atom stereocenters. The van der Waals surface area contributed by atoms with Gasteiger partial charge in [-0.1, -0.05) is 22.9 Å². The summed E-state index contributed by atoms with van der Waals surface area (Å²) in [4.78, 5) is 0. The van der Waals surface area contributed by atoms with E-state index in [-0.39, 0.29) is 5.54 Å². The van der Waals surface area contributed by atoms with Crippen LogP contribution in [0.2, 0.25) is 0 Å². The Labute approximate surface area is 112 Å². The van der Waals surface area contributed by atoms with Gasteiger partial charge in [0.1, 0.15) is 5.75 Å². The third-order valence-corrected chi connectivity index (χ3v) is 4.14. The second-order valence-corrected chi connectivity index (χ2v) is 5.78. The zero-order valence-corrected chi connectivity index (χ0v) is 12.4. The quantitative estimate of drug-likeness (QED) is 0.920. The van der Waals surface area contributed by atoms with E-state index >= 15 is 0 Å². The highest BCUT2D eigenvalue weighted by Gasteiger charge is 2.33. The van der Waals surface area contributed by atoms with Gasteiger partial charge in [0.15, 0.2) is 0 Å². The molecule has 0 aromatic heterocycles. The highest BCUT2D eigenvalue weighted by atomic mass is 79.9. The molecule has 0 saturated carbocycles. The summed E-state index contributed by atoms with van der Waals surface area (Å²) in [6.45, 7) is 5.52. The fraction of sp³-hybridized carbons (Fsp3) is 0.571. The van der Waals surface area contributed by atoms with Gasteiger partial charge in [-0.25, -0.2) is 0 Å². The SMILES string of the molecule is CCc1cc(Br)cc(C2(C)CCCN2)c1OC. The summed E-state index contributed by atoms with van der Waals surface area (Å²) >= 11 is 3.61. The summed E-state index contributed by atoms with van der Waals surface area (Å²) in [6.07, 6.45) is 3.39. The molecule has 1 aliphatic heterocycles. The first-order valence-corrected chi connectivity index (χ1v) is 7.02. The first-order valence-electron chi connectivity index (χ1n) is 6.22. The van der Waals surface area contributed by atoms with Crippen LogP contribution in [0.3, 0.4) is 0 Å². The Morgan fingerprint density at radius 1 is 1.47 bits per heavy atom. The Hall–Kier alpha value is -0.540. The number of benzene rings is 1. The molecule has 1 aliphatic rings. The van der Waals surface area contributed by atoms with Crippen molar-refractivity contribution in [1.29, 1.82) is 0 Å². The monoisotopic (exact) mass is 297 g/mol. The summed E-state index contributed by atoms with van der Waals surface area (Å²) in [7, 11) is 1.77. The molecular weight excluding hydrogens is 278 g/mol. The average Bonchev–Trinajstić information content (AvgIpc) is 2.76. The van der Waals surface area contributed by atoms with Crippen LogP contribution in [-0.4, -0.2) is 13.7 Å². The van der Waals surface area contributed by atoms with Crippen molar-refractivity contribution in [1.82, 2.24) is 5.32 Å². The van der Waals surface area contributed by atoms with Crippen LogP contribution in [-0.2, 0) is 12.0 Å². The topological polar surface area (TPSA) is 21.3 Å². The summed E-state index contributed by atoms with van der Waals surface area (Å²) < 4.78 is 6.78. The maximum absolute atomic E-state index is 5.64. The van der Waals surface area contributed by atoms with Gasteiger partial charge in [0.2, 0.25) is 0 Å². The normalized spacial score (nSPS) is 24.0. The van der Waals surface area contributed by atoms with Crippen LogP contribution < -0.4 is 10.1 Å². The average molecular weight is 298 g/mol. The molecule has 1 unspecified atom stereocenters. The Morgan fingerprint density at radius 3 is 2.76 bits per heavy atom. The van der Waals surface area contributed by atoms with Crippen molar-refractivity contribution in [2.24, 2.45) is 0 Å². The number of nitrogens with one attached hydrogen (secondary N) is 1. The lowest BCUT2D eigenvalue weighted by atomic mass is 9.88. The lowest BCUT2D eigenvalue weighted by molar-refractivity contribution is 0.367. The number of halogens is 1. The largest absolute Gasteiger partial charge is 0.496 e. The summed E-state index contributed by atoms with van der Waals surface area (Å²) in [5, 5.41) is 3.60. The molecule has 0 radical (unpaired) electrons. The van der Waals surface area contributed by atoms with Crippen LogP contribution >= 0.6 is 15.9 Å². The molecule has 0 aliphatic carbocycles. The van der Waals surface area contributed by atoms with Gasteiger partial charge in [-0.05, 0) is 50.4 Å². The van der Waals surface area contributed by atoms with E-state index < -0.39 is 0 Å². The Bertz CT molecular complexity index is 411. The molecule has 1 fully saturated rings. The predicted octanol–water partition coefficient (Wildman–Crippen LogP) is 3.62. The van der Waals surface area contributed by atoms with Crippen LogP contribution in [0.5, 0.6) is 5.75 Å². The molecule has 1 N–H and O–H groups in total. The van der Waals surface area contributed by atoms with Gasteiger partial charge in [0, 0.05) is 15.6 Å². The Kier molecular flexibility index (Phi) is 3.79. The Balaban J connectivity index is 2.55. The number of aryl methyl sites for hydroxylation is 1. The highest BCUT2D eigenvalue weighted by Crippen LogP contribution is 2.40. The minimum Gasteiger partial charge on any atom is -0.496 e. The van der Waals surface area contributed by atoms with Crippen molar-refractivity contribution in [3.63, 3.8) is 0 Å². The van der Waals surface area contributed by atoms with Crippen molar-refractivity contribution in [3.8, 4) is 5.75 Å². The lowest BCUT2D eigenvalue weighted by Gasteiger charge is -2.28. The highest BCUT2D eigenvalue weighted by molar-refractivity contribution is 9.10. The van der Waals surface area contributed by atoms with E-state index in [9.17, 15) is 0 Å². The molecule has 0 amide bonds. The van der Waals surface area contributed by atoms with E-state index in [2.05, 4.69) is 47.2 Å². The molecule has 2 nitrogen and oxygen atoms in total. The fourth-order valence-corrected chi connectivity index (χ4v) is 3.19. The van der Waals surface area contributed by atoms with Crippen molar-refractivity contribution < 1.29 is 4.74 Å². The molecular formula is C14H20BrNO. The van der Waals surface area contributed by atoms with E-state index in [0.29, 0.717) is 0 Å². The number of methoxy groups -OCH3 is 1. The Morgan fingerprint density at radius 2 is 2.24 bits per heavy atom. The van der Waals surface area contributed by atoms with E-state index in [1.807, 2.05) is 0 Å². The smallest absolute Gasteiger partial charge is 0.127 e. The van der Waals surface area contributed by atoms with Gasteiger partial charge in [-0.15, -0.1) is 0 Å². The predicted molar refractivity (Wildman–Crippen MR) is 74.7 cm³/mol. The van der Waals surface area contributed by atoms with Crippen molar-refractivity contribution in [3.05, 3.63) is 27.7 Å². The van der Waals surface area contributed by atoms with Crippen LogP contribution in [0.1, 0.15) is 37.8 Å². The van der Waals surface area contributed by atoms with Gasteiger partial charge in [0.25, 0.3) is 0 Å². The van der Waals surface area contributed by atoms with Gasteiger partial charge in [-0.3, -0.25) is 0 Å². The van der Waals surface area contributed by atoms with Crippen molar-refractivity contribution in [2.45, 2.75) is 38.6 Å². The van der Waals surface area contributed by atoms with Crippen LogP contribution in [0, 0.1) is 0 Å². The zero-order valence-electron chi connectivity index (χ0n) is 10.8. The maximum atomic E-state index is 5.64. The molecule has 94 valence electrons. The summed E-state index contributed by atoms with van der Waals surface area (Å²) in [5.41, 5.74) is 2.61. The molecule has 1 heterocycles. The van der Waals surface area contributed by atoms with Crippen molar-refractivity contribution in [2.75, 3.05) is 13.7 Å². The maximum Gasteiger partial charge on any atom is 0.127 e. The summed E-state index contributed by atoms with van der Waals surface area (Å²) in [5.74, 6) is 1.05. The van der Waals surface area contributed by atoms with E-state index in [4.69, 9.17) is 4.74 Å². The number of rotatable bonds is 3. The van der Waals surface area contributed by atoms with Crippen LogP contribution in [0.25, 0.3) is 0 Å². The van der Waals surface area contributed by atoms with Crippen LogP contribution in [0.15, 0.2) is 16.6 Å². The first kappa shape index (κ1) is 12.9. The van der Waals surface area contributed by atoms with Crippen LogP contribution in [0.4, 0.5) is 0 Å². The standard InChI is InChI=1S/C14H20BrNO/c1-4-10-8-11(15)9-12(13(10)17-3)14(2)6-5-7-16-14/h8-9,16H,4-7H2,1-3H3. The second kappa shape index (κ2) is 4.99. The molecule has 3 heteroatoms. The number of hydrogen-bond acceptors (Lipinski definition) is 2. The van der Waals surface area contributed by atoms with Gasteiger partial charge >= 0.3 is 0 Å². The third-order valence-electron chi connectivity index (χ3n) is 3.68.